The fourth-order valence-corrected chi connectivity index (χ4v) is 3.21. The van der Waals surface area contributed by atoms with E-state index in [0.29, 0.717) is 0 Å². The number of rotatable bonds is 7. The molecule has 0 aliphatic carbocycles. The molecule has 0 heterocycles. The van der Waals surface area contributed by atoms with Gasteiger partial charge in [0, 0.05) is 12.3 Å². The van der Waals surface area contributed by atoms with Crippen molar-refractivity contribution in [2.45, 2.75) is 39.1 Å². The molecule has 0 saturated heterocycles. The summed E-state index contributed by atoms with van der Waals surface area (Å²) in [5, 5.41) is 0. The largest absolute Gasteiger partial charge is 0.416 e. The summed E-state index contributed by atoms with van der Waals surface area (Å²) in [6.45, 7) is 14.6. The van der Waals surface area contributed by atoms with Crippen LogP contribution < -0.4 is 0 Å². The van der Waals surface area contributed by atoms with E-state index < -0.39 is 9.04 Å². The Hall–Kier alpha value is 0.286. The van der Waals surface area contributed by atoms with Gasteiger partial charge in [0.2, 0.25) is 9.04 Å². The van der Waals surface area contributed by atoms with Crippen molar-refractivity contribution < 1.29 is 4.43 Å². The van der Waals surface area contributed by atoms with Gasteiger partial charge < -0.3 is 4.43 Å². The Kier molecular flexibility index (Phi) is 16.8. The molecule has 0 aliphatic heterocycles. The molecule has 0 amide bonds. The van der Waals surface area contributed by atoms with E-state index in [0.717, 1.165) is 15.7 Å². The first kappa shape index (κ1) is 17.7. The topological polar surface area (TPSA) is 9.23 Å². The lowest BCUT2D eigenvalue weighted by molar-refractivity contribution is 0.398. The molecule has 0 aromatic rings. The highest BCUT2D eigenvalue weighted by Gasteiger charge is 2.01. The van der Waals surface area contributed by atoms with Gasteiger partial charge in [-0.3, -0.25) is 0 Å². The summed E-state index contributed by atoms with van der Waals surface area (Å²) >= 11 is 0. The molecule has 0 rings (SSSR count). The second kappa shape index (κ2) is 14.3. The molecule has 0 aromatic carbocycles. The van der Waals surface area contributed by atoms with Crippen LogP contribution in [0.15, 0.2) is 12.3 Å². The van der Waals surface area contributed by atoms with Crippen LogP contribution in [0.4, 0.5) is 0 Å². The Morgan fingerprint density at radius 2 is 2.07 bits per heavy atom. The minimum Gasteiger partial charge on any atom is -0.416 e. The van der Waals surface area contributed by atoms with Crippen LogP contribution in [0.25, 0.3) is 0 Å². The summed E-state index contributed by atoms with van der Waals surface area (Å²) in [5.74, 6) is 0. The third-order valence-electron chi connectivity index (χ3n) is 1.43. The summed E-state index contributed by atoms with van der Waals surface area (Å²) < 4.78 is 5.48. The minimum absolute atomic E-state index is 0.184. The Labute approximate surface area is 103 Å². The van der Waals surface area contributed by atoms with Gasteiger partial charge in [-0.05, 0) is 13.8 Å². The van der Waals surface area contributed by atoms with E-state index in [1.807, 2.05) is 5.70 Å². The maximum atomic E-state index is 5.48. The van der Waals surface area contributed by atoms with E-state index in [-0.39, 0.29) is 8.80 Å². The van der Waals surface area contributed by atoms with Crippen molar-refractivity contribution in [2.75, 3.05) is 6.23 Å². The smallest absolute Gasteiger partial charge is 0.234 e. The van der Waals surface area contributed by atoms with Crippen LogP contribution in [0.3, 0.4) is 0 Å². The summed E-state index contributed by atoms with van der Waals surface area (Å²) in [5.41, 5.74) is 1.93. The molecule has 6 radical (unpaired) electrons. The third kappa shape index (κ3) is 20.4. The molecule has 0 saturated carbocycles. The Bertz CT molecular complexity index is 130. The predicted octanol–water partition coefficient (Wildman–Crippen LogP) is 2.71. The Balaban J connectivity index is 0. The van der Waals surface area contributed by atoms with Crippen LogP contribution in [0.2, 0.25) is 39.1 Å². The fourth-order valence-electron chi connectivity index (χ4n) is 0.553. The van der Waals surface area contributed by atoms with Gasteiger partial charge in [0.1, 0.15) is 0 Å². The van der Waals surface area contributed by atoms with Crippen molar-refractivity contribution in [2.24, 2.45) is 0 Å². The van der Waals surface area contributed by atoms with Crippen molar-refractivity contribution in [1.29, 1.82) is 0 Å². The molecular formula is C10H23BOSi3. The van der Waals surface area contributed by atoms with E-state index in [1.165, 1.54) is 6.04 Å². The van der Waals surface area contributed by atoms with Crippen LogP contribution >= 0.6 is 0 Å². The number of hydrogen-bond acceptors (Lipinski definition) is 1. The number of hydrogen-bond donors (Lipinski definition) is 0. The van der Waals surface area contributed by atoms with Gasteiger partial charge in [-0.25, -0.2) is 0 Å². The maximum absolute atomic E-state index is 5.48. The van der Waals surface area contributed by atoms with Crippen LogP contribution in [0.1, 0.15) is 0 Å². The highest BCUT2D eigenvalue weighted by Crippen LogP contribution is 1.88. The van der Waals surface area contributed by atoms with E-state index in [1.54, 1.807) is 0 Å². The molecule has 0 unspecified atom stereocenters. The van der Waals surface area contributed by atoms with E-state index >= 15 is 0 Å². The SMILES string of the molecule is C=C[Si](C)OC[Si](C)C.C[B-][CH+]C[Si]C. The zero-order valence-electron chi connectivity index (χ0n) is 10.8. The van der Waals surface area contributed by atoms with Crippen molar-refractivity contribution in [3.05, 3.63) is 18.6 Å². The molecule has 0 atom stereocenters. The summed E-state index contributed by atoms with van der Waals surface area (Å²) in [6, 6.07) is 1.26. The van der Waals surface area contributed by atoms with Crippen molar-refractivity contribution in [3.8, 4) is 0 Å². The average Bonchev–Trinajstić information content (AvgIpc) is 2.23. The molecule has 0 N–H and O–H groups in total. The molecule has 84 valence electrons. The van der Waals surface area contributed by atoms with E-state index in [9.17, 15) is 0 Å². The normalized spacial score (nSPS) is 9.80. The molecule has 0 spiro atoms. The van der Waals surface area contributed by atoms with Gasteiger partial charge in [-0.2, -0.15) is 13.1 Å². The molecule has 1 nitrogen and oxygen atoms in total. The fraction of sp³-hybridized carbons (Fsp3) is 0.700. The van der Waals surface area contributed by atoms with Gasteiger partial charge in [0.25, 0.3) is 0 Å². The Morgan fingerprint density at radius 1 is 1.47 bits per heavy atom. The van der Waals surface area contributed by atoms with Crippen molar-refractivity contribution >= 4 is 34.6 Å². The molecule has 0 aromatic heterocycles. The first-order chi connectivity index (χ1) is 7.08. The monoisotopic (exact) mass is 254 g/mol. The maximum Gasteiger partial charge on any atom is 0.234 e. The lowest BCUT2D eigenvalue weighted by Crippen LogP contribution is -2.19. The van der Waals surface area contributed by atoms with Crippen molar-refractivity contribution in [1.82, 2.24) is 0 Å². The molecule has 15 heavy (non-hydrogen) atoms. The first-order valence-corrected chi connectivity index (χ1v) is 11.6. The van der Waals surface area contributed by atoms with Crippen molar-refractivity contribution in [3.63, 3.8) is 0 Å². The van der Waals surface area contributed by atoms with Gasteiger partial charge in [-0.15, -0.1) is 6.58 Å². The second-order valence-corrected chi connectivity index (χ2v) is 9.17. The molecule has 5 heteroatoms. The van der Waals surface area contributed by atoms with Crippen LogP contribution in [0.5, 0.6) is 0 Å². The summed E-state index contributed by atoms with van der Waals surface area (Å²) in [4.78, 5) is 0. The Morgan fingerprint density at radius 3 is 2.33 bits per heavy atom. The minimum atomic E-state index is -0.635. The zero-order chi connectivity index (χ0) is 12.1. The van der Waals surface area contributed by atoms with Crippen LogP contribution in [0, 0.1) is 6.32 Å². The van der Waals surface area contributed by atoms with Gasteiger partial charge in [0.15, 0.2) is 0 Å². The van der Waals surface area contributed by atoms with E-state index in [4.69, 9.17) is 4.43 Å². The zero-order valence-corrected chi connectivity index (χ0v) is 13.8. The van der Waals surface area contributed by atoms with E-state index in [2.05, 4.69) is 53.2 Å². The molecule has 0 bridgehead atoms. The van der Waals surface area contributed by atoms with Crippen LogP contribution in [-0.2, 0) is 4.43 Å². The lowest BCUT2D eigenvalue weighted by atomic mass is 9.79. The summed E-state index contributed by atoms with van der Waals surface area (Å²) in [6.07, 6.45) is 3.17. The quantitative estimate of drug-likeness (QED) is 0.385. The van der Waals surface area contributed by atoms with Crippen LogP contribution in [-0.4, -0.2) is 40.9 Å². The average molecular weight is 254 g/mol. The van der Waals surface area contributed by atoms with Gasteiger partial charge in [-0.1, -0.05) is 25.3 Å². The second-order valence-electron chi connectivity index (χ2n) is 3.44. The molecule has 0 fully saturated rings. The van der Waals surface area contributed by atoms with Gasteiger partial charge >= 0.3 is 0 Å². The highest BCUT2D eigenvalue weighted by molar-refractivity contribution is 6.60. The molecule has 0 aliphatic rings. The summed E-state index contributed by atoms with van der Waals surface area (Å²) in [7, 11) is 2.35. The first-order valence-electron chi connectivity index (χ1n) is 5.22. The lowest BCUT2D eigenvalue weighted by Gasteiger charge is -2.06. The van der Waals surface area contributed by atoms with Gasteiger partial charge in [0.05, 0.1) is 18.3 Å². The molecular weight excluding hydrogens is 231 g/mol. The third-order valence-corrected chi connectivity index (χ3v) is 4.26. The predicted molar refractivity (Wildman–Crippen MR) is 77.6 cm³/mol. The standard InChI is InChI=1S/C6H14OSi2.C4H9BSi/c1-5-9(4)7-6-8(2)3;1-5-3-4-6-2/h5H,1,6H2,2-4H3;3H,4H2,1-2H3. The highest BCUT2D eigenvalue weighted by atomic mass is 28.3.